The number of hydrogen-bond donors (Lipinski definition) is 1. The van der Waals surface area contributed by atoms with E-state index in [0.29, 0.717) is 6.61 Å². The Balaban J connectivity index is 1.95. The lowest BCUT2D eigenvalue weighted by Crippen LogP contribution is -2.00. The van der Waals surface area contributed by atoms with Gasteiger partial charge in [-0.25, -0.2) is 0 Å². The van der Waals surface area contributed by atoms with Crippen molar-refractivity contribution in [3.05, 3.63) is 83.4 Å². The normalized spacial score (nSPS) is 12.5. The van der Waals surface area contributed by atoms with Gasteiger partial charge < -0.3 is 9.84 Å². The summed E-state index contributed by atoms with van der Waals surface area (Å²) >= 11 is 0. The number of aliphatic hydroxyl groups excluding tert-OH is 1. The molecule has 0 fully saturated rings. The highest BCUT2D eigenvalue weighted by atomic mass is 16.5. The fourth-order valence-corrected chi connectivity index (χ4v) is 2.59. The third kappa shape index (κ3) is 2.97. The summed E-state index contributed by atoms with van der Waals surface area (Å²) < 4.78 is 5.14. The molecule has 0 saturated heterocycles. The van der Waals surface area contributed by atoms with Gasteiger partial charge >= 0.3 is 0 Å². The Morgan fingerprint density at radius 2 is 1.62 bits per heavy atom. The first-order valence-electron chi connectivity index (χ1n) is 7.02. The molecule has 0 radical (unpaired) electrons. The van der Waals surface area contributed by atoms with Crippen LogP contribution < -0.4 is 0 Å². The van der Waals surface area contributed by atoms with Crippen LogP contribution in [0.2, 0.25) is 0 Å². The van der Waals surface area contributed by atoms with Gasteiger partial charge in [0.1, 0.15) is 6.10 Å². The van der Waals surface area contributed by atoms with E-state index < -0.39 is 6.10 Å². The molecule has 1 unspecified atom stereocenters. The molecule has 1 atom stereocenters. The van der Waals surface area contributed by atoms with E-state index in [1.54, 1.807) is 7.11 Å². The number of benzene rings is 3. The molecule has 1 N–H and O–H groups in total. The highest BCUT2D eigenvalue weighted by Gasteiger charge is 2.11. The molecule has 2 heteroatoms. The molecular formula is C19H18O2. The van der Waals surface area contributed by atoms with Gasteiger partial charge in [-0.1, -0.05) is 60.7 Å². The molecule has 0 spiro atoms. The quantitative estimate of drug-likeness (QED) is 0.779. The van der Waals surface area contributed by atoms with Crippen molar-refractivity contribution in [3.63, 3.8) is 0 Å². The Morgan fingerprint density at radius 1 is 0.857 bits per heavy atom. The van der Waals surface area contributed by atoms with Gasteiger partial charge in [0.2, 0.25) is 0 Å². The second-order valence-electron chi connectivity index (χ2n) is 5.19. The number of aliphatic hydroxyl groups is 1. The first kappa shape index (κ1) is 13.8. The lowest BCUT2D eigenvalue weighted by atomic mass is 9.97. The van der Waals surface area contributed by atoms with Gasteiger partial charge in [-0.2, -0.15) is 0 Å². The van der Waals surface area contributed by atoms with Crippen LogP contribution in [-0.4, -0.2) is 12.2 Å². The Kier molecular flexibility index (Phi) is 4.00. The van der Waals surface area contributed by atoms with E-state index in [1.807, 2.05) is 54.6 Å². The van der Waals surface area contributed by atoms with Crippen LogP contribution in [-0.2, 0) is 11.3 Å². The largest absolute Gasteiger partial charge is 0.384 e. The lowest BCUT2D eigenvalue weighted by Gasteiger charge is -2.13. The molecule has 0 aliphatic rings. The van der Waals surface area contributed by atoms with Crippen molar-refractivity contribution < 1.29 is 9.84 Å². The smallest absolute Gasteiger partial charge is 0.104 e. The summed E-state index contributed by atoms with van der Waals surface area (Å²) in [6.45, 7) is 0.554. The minimum atomic E-state index is -0.619. The summed E-state index contributed by atoms with van der Waals surface area (Å²) in [6, 6.07) is 22.1. The summed E-state index contributed by atoms with van der Waals surface area (Å²) in [7, 11) is 1.67. The van der Waals surface area contributed by atoms with E-state index in [1.165, 1.54) is 5.39 Å². The molecule has 3 aromatic rings. The first-order chi connectivity index (χ1) is 10.3. The maximum Gasteiger partial charge on any atom is 0.104 e. The van der Waals surface area contributed by atoms with Gasteiger partial charge in [0.05, 0.1) is 6.61 Å². The lowest BCUT2D eigenvalue weighted by molar-refractivity contribution is 0.184. The summed E-state index contributed by atoms with van der Waals surface area (Å²) in [5, 5.41) is 12.9. The standard InChI is InChI=1S/C19H18O2/c1-21-13-14-5-4-8-17(11-14)19(20)18-10-9-15-6-2-3-7-16(15)12-18/h2-12,19-20H,13H2,1H3. The number of methoxy groups -OCH3 is 1. The maximum absolute atomic E-state index is 10.6. The van der Waals surface area contributed by atoms with Crippen LogP contribution in [0.25, 0.3) is 10.8 Å². The van der Waals surface area contributed by atoms with Crippen molar-refractivity contribution in [3.8, 4) is 0 Å². The third-order valence-corrected chi connectivity index (χ3v) is 3.67. The van der Waals surface area contributed by atoms with E-state index in [0.717, 1.165) is 22.1 Å². The Bertz CT molecular complexity index is 749. The monoisotopic (exact) mass is 278 g/mol. The summed E-state index contributed by atoms with van der Waals surface area (Å²) in [4.78, 5) is 0. The zero-order valence-corrected chi connectivity index (χ0v) is 12.0. The van der Waals surface area contributed by atoms with Gasteiger partial charge in [0.25, 0.3) is 0 Å². The van der Waals surface area contributed by atoms with Crippen LogP contribution in [0.15, 0.2) is 66.7 Å². The summed E-state index contributed by atoms with van der Waals surface area (Å²) in [5.41, 5.74) is 2.86. The predicted molar refractivity (Wildman–Crippen MR) is 85.2 cm³/mol. The van der Waals surface area contributed by atoms with Crippen molar-refractivity contribution in [2.24, 2.45) is 0 Å². The van der Waals surface area contributed by atoms with E-state index in [9.17, 15) is 5.11 Å². The molecule has 21 heavy (non-hydrogen) atoms. The Morgan fingerprint density at radius 3 is 2.43 bits per heavy atom. The van der Waals surface area contributed by atoms with Gasteiger partial charge in [-0.15, -0.1) is 0 Å². The van der Waals surface area contributed by atoms with Crippen LogP contribution in [0.5, 0.6) is 0 Å². The van der Waals surface area contributed by atoms with Gasteiger partial charge in [-0.3, -0.25) is 0 Å². The van der Waals surface area contributed by atoms with E-state index >= 15 is 0 Å². The number of ether oxygens (including phenoxy) is 1. The molecule has 106 valence electrons. The average molecular weight is 278 g/mol. The molecule has 3 aromatic carbocycles. The highest BCUT2D eigenvalue weighted by molar-refractivity contribution is 5.83. The minimum absolute atomic E-state index is 0.554. The second-order valence-corrected chi connectivity index (χ2v) is 5.19. The van der Waals surface area contributed by atoms with Crippen molar-refractivity contribution in [1.29, 1.82) is 0 Å². The van der Waals surface area contributed by atoms with E-state index in [-0.39, 0.29) is 0 Å². The fourth-order valence-electron chi connectivity index (χ4n) is 2.59. The molecule has 0 aromatic heterocycles. The molecule has 0 bridgehead atoms. The fraction of sp³-hybridized carbons (Fsp3) is 0.158. The highest BCUT2D eigenvalue weighted by Crippen LogP contribution is 2.26. The Hall–Kier alpha value is -2.16. The minimum Gasteiger partial charge on any atom is -0.384 e. The predicted octanol–water partition coefficient (Wildman–Crippen LogP) is 4.07. The van der Waals surface area contributed by atoms with Crippen LogP contribution in [0.4, 0.5) is 0 Å². The van der Waals surface area contributed by atoms with Crippen LogP contribution in [0.3, 0.4) is 0 Å². The van der Waals surface area contributed by atoms with Crippen molar-refractivity contribution in [2.75, 3.05) is 7.11 Å². The molecule has 2 nitrogen and oxygen atoms in total. The molecule has 3 rings (SSSR count). The Labute approximate surface area is 124 Å². The number of fused-ring (bicyclic) bond motifs is 1. The topological polar surface area (TPSA) is 29.5 Å². The third-order valence-electron chi connectivity index (χ3n) is 3.67. The molecule has 0 aliphatic carbocycles. The second kappa shape index (κ2) is 6.08. The van der Waals surface area contributed by atoms with Crippen molar-refractivity contribution in [1.82, 2.24) is 0 Å². The van der Waals surface area contributed by atoms with E-state index in [4.69, 9.17) is 4.74 Å². The van der Waals surface area contributed by atoms with Crippen LogP contribution in [0, 0.1) is 0 Å². The zero-order chi connectivity index (χ0) is 14.7. The summed E-state index contributed by atoms with van der Waals surface area (Å²) in [6.07, 6.45) is -0.619. The van der Waals surface area contributed by atoms with E-state index in [2.05, 4.69) is 12.1 Å². The molecule has 0 heterocycles. The number of hydrogen-bond acceptors (Lipinski definition) is 2. The number of rotatable bonds is 4. The average Bonchev–Trinajstić information content (AvgIpc) is 2.54. The molecule has 0 amide bonds. The van der Waals surface area contributed by atoms with Crippen LogP contribution >= 0.6 is 0 Å². The van der Waals surface area contributed by atoms with Crippen LogP contribution in [0.1, 0.15) is 22.8 Å². The maximum atomic E-state index is 10.6. The molecule has 0 aliphatic heterocycles. The van der Waals surface area contributed by atoms with Crippen molar-refractivity contribution in [2.45, 2.75) is 12.7 Å². The molecule has 0 saturated carbocycles. The van der Waals surface area contributed by atoms with Crippen molar-refractivity contribution >= 4 is 10.8 Å². The SMILES string of the molecule is COCc1cccc(C(O)c2ccc3ccccc3c2)c1. The van der Waals surface area contributed by atoms with Gasteiger partial charge in [-0.05, 0) is 33.5 Å². The van der Waals surface area contributed by atoms with Gasteiger partial charge in [0, 0.05) is 7.11 Å². The van der Waals surface area contributed by atoms with Gasteiger partial charge in [0.15, 0.2) is 0 Å². The molecular weight excluding hydrogens is 260 g/mol. The first-order valence-corrected chi connectivity index (χ1v) is 7.02. The summed E-state index contributed by atoms with van der Waals surface area (Å²) in [5.74, 6) is 0. The zero-order valence-electron chi connectivity index (χ0n) is 12.0.